The molecule has 0 aliphatic carbocycles. The van der Waals surface area contributed by atoms with E-state index in [0.717, 1.165) is 18.4 Å². The first kappa shape index (κ1) is 16.4. The van der Waals surface area contributed by atoms with Gasteiger partial charge in [-0.25, -0.2) is 4.39 Å². The van der Waals surface area contributed by atoms with Gasteiger partial charge in [-0.3, -0.25) is 11.3 Å². The number of nitrogens with two attached hydrogens (primary N) is 1. The maximum Gasteiger partial charge on any atom is 0.124 e. The molecule has 19 heavy (non-hydrogen) atoms. The van der Waals surface area contributed by atoms with Crippen molar-refractivity contribution in [2.75, 3.05) is 7.11 Å². The highest BCUT2D eigenvalue weighted by Gasteiger charge is 2.19. The zero-order valence-corrected chi connectivity index (χ0v) is 12.4. The van der Waals surface area contributed by atoms with Crippen molar-refractivity contribution >= 4 is 11.6 Å². The summed E-state index contributed by atoms with van der Waals surface area (Å²) in [5.74, 6) is 5.24. The lowest BCUT2D eigenvalue weighted by atomic mass is 9.95. The molecule has 108 valence electrons. The van der Waals surface area contributed by atoms with Crippen LogP contribution in [0.1, 0.15) is 32.3 Å². The van der Waals surface area contributed by atoms with Gasteiger partial charge >= 0.3 is 0 Å². The largest absolute Gasteiger partial charge is 0.379 e. The number of ether oxygens (including phenoxy) is 1. The highest BCUT2D eigenvalue weighted by atomic mass is 35.5. The molecule has 1 aromatic rings. The molecule has 1 unspecified atom stereocenters. The molecule has 1 atom stereocenters. The van der Waals surface area contributed by atoms with Crippen molar-refractivity contribution in [1.29, 1.82) is 0 Å². The minimum absolute atomic E-state index is 0.0809. The van der Waals surface area contributed by atoms with E-state index in [1.54, 1.807) is 13.2 Å². The molecule has 1 aromatic carbocycles. The minimum atomic E-state index is -0.327. The average Bonchev–Trinajstić information content (AvgIpc) is 2.37. The Labute approximate surface area is 119 Å². The summed E-state index contributed by atoms with van der Waals surface area (Å²) in [5.41, 5.74) is 3.49. The fourth-order valence-corrected chi connectivity index (χ4v) is 2.07. The quantitative estimate of drug-likeness (QED) is 0.599. The molecule has 3 N–H and O–H groups in total. The van der Waals surface area contributed by atoms with Crippen molar-refractivity contribution in [3.63, 3.8) is 0 Å². The first-order valence-corrected chi connectivity index (χ1v) is 6.71. The molecule has 1 rings (SSSR count). The van der Waals surface area contributed by atoms with Gasteiger partial charge in [0, 0.05) is 18.2 Å². The third-order valence-electron chi connectivity index (χ3n) is 3.36. The molecule has 0 spiro atoms. The molecule has 0 heterocycles. The highest BCUT2D eigenvalue weighted by Crippen LogP contribution is 2.22. The summed E-state index contributed by atoms with van der Waals surface area (Å²) >= 11 is 6.01. The van der Waals surface area contributed by atoms with Crippen LogP contribution in [-0.4, -0.2) is 18.8 Å². The predicted octanol–water partition coefficient (Wildman–Crippen LogP) is 3.06. The molecule has 0 bridgehead atoms. The summed E-state index contributed by atoms with van der Waals surface area (Å²) in [4.78, 5) is 0. The van der Waals surface area contributed by atoms with E-state index in [1.165, 1.54) is 12.1 Å². The molecular formula is C14H22ClFN2O. The maximum atomic E-state index is 13.0. The summed E-state index contributed by atoms with van der Waals surface area (Å²) in [7, 11) is 1.70. The Morgan fingerprint density at radius 2 is 2.16 bits per heavy atom. The Morgan fingerprint density at radius 3 is 2.68 bits per heavy atom. The Kier molecular flexibility index (Phi) is 6.20. The Morgan fingerprint density at radius 1 is 1.47 bits per heavy atom. The number of hydrogen-bond donors (Lipinski definition) is 2. The summed E-state index contributed by atoms with van der Waals surface area (Å²) < 4.78 is 18.4. The Hall–Kier alpha value is -0.680. The average molecular weight is 289 g/mol. The fraction of sp³-hybridized carbons (Fsp3) is 0.571. The van der Waals surface area contributed by atoms with Crippen LogP contribution >= 0.6 is 11.6 Å². The molecule has 0 amide bonds. The van der Waals surface area contributed by atoms with Crippen LogP contribution in [0.3, 0.4) is 0 Å². The van der Waals surface area contributed by atoms with E-state index in [9.17, 15) is 4.39 Å². The number of halogens is 2. The lowest BCUT2D eigenvalue weighted by Gasteiger charge is -2.25. The van der Waals surface area contributed by atoms with Crippen LogP contribution < -0.4 is 11.3 Å². The SMILES string of the molecule is COC(C)(C)CCC(Cc1ccc(F)cc1Cl)NN. The zero-order valence-electron chi connectivity index (χ0n) is 11.7. The number of methoxy groups -OCH3 is 1. The molecule has 0 saturated carbocycles. The smallest absolute Gasteiger partial charge is 0.124 e. The van der Waals surface area contributed by atoms with Crippen LogP contribution in [-0.2, 0) is 11.2 Å². The Bertz CT molecular complexity index is 412. The summed E-state index contributed by atoms with van der Waals surface area (Å²) in [6.45, 7) is 4.07. The molecule has 3 nitrogen and oxygen atoms in total. The molecule has 5 heteroatoms. The van der Waals surface area contributed by atoms with Gasteiger partial charge < -0.3 is 4.74 Å². The van der Waals surface area contributed by atoms with E-state index in [1.807, 2.05) is 13.8 Å². The molecule has 0 aliphatic rings. The molecule has 0 fully saturated rings. The topological polar surface area (TPSA) is 47.3 Å². The van der Waals surface area contributed by atoms with Gasteiger partial charge in [-0.05, 0) is 50.8 Å². The second kappa shape index (κ2) is 7.20. The van der Waals surface area contributed by atoms with Crippen LogP contribution in [0.25, 0.3) is 0 Å². The van der Waals surface area contributed by atoms with Gasteiger partial charge in [0.05, 0.1) is 5.60 Å². The van der Waals surface area contributed by atoms with Gasteiger partial charge in [-0.15, -0.1) is 0 Å². The first-order chi connectivity index (χ1) is 8.88. The van der Waals surface area contributed by atoms with Crippen molar-refractivity contribution in [3.8, 4) is 0 Å². The number of nitrogens with one attached hydrogen (secondary N) is 1. The number of benzene rings is 1. The zero-order chi connectivity index (χ0) is 14.5. The van der Waals surface area contributed by atoms with Crippen LogP contribution in [0.5, 0.6) is 0 Å². The monoisotopic (exact) mass is 288 g/mol. The highest BCUT2D eigenvalue weighted by molar-refractivity contribution is 6.31. The van der Waals surface area contributed by atoms with Gasteiger partial charge in [0.1, 0.15) is 5.82 Å². The van der Waals surface area contributed by atoms with Gasteiger partial charge in [0.25, 0.3) is 0 Å². The van der Waals surface area contributed by atoms with Gasteiger partial charge in [-0.1, -0.05) is 17.7 Å². The van der Waals surface area contributed by atoms with Crippen LogP contribution in [0.15, 0.2) is 18.2 Å². The van der Waals surface area contributed by atoms with Crippen LogP contribution in [0, 0.1) is 5.82 Å². The van der Waals surface area contributed by atoms with E-state index in [2.05, 4.69) is 5.43 Å². The molecule has 0 radical (unpaired) electrons. The second-order valence-corrected chi connectivity index (χ2v) is 5.71. The first-order valence-electron chi connectivity index (χ1n) is 6.33. The molecule has 0 aliphatic heterocycles. The van der Waals surface area contributed by atoms with Crippen molar-refractivity contribution in [1.82, 2.24) is 5.43 Å². The van der Waals surface area contributed by atoms with E-state index in [0.29, 0.717) is 11.4 Å². The third-order valence-corrected chi connectivity index (χ3v) is 3.72. The minimum Gasteiger partial charge on any atom is -0.379 e. The predicted molar refractivity (Wildman–Crippen MR) is 76.5 cm³/mol. The second-order valence-electron chi connectivity index (χ2n) is 5.31. The van der Waals surface area contributed by atoms with Crippen molar-refractivity contribution in [2.45, 2.75) is 44.8 Å². The number of rotatable bonds is 7. The number of hydrazine groups is 1. The van der Waals surface area contributed by atoms with E-state index >= 15 is 0 Å². The fourth-order valence-electron chi connectivity index (χ4n) is 1.82. The van der Waals surface area contributed by atoms with Crippen molar-refractivity contribution < 1.29 is 9.13 Å². The van der Waals surface area contributed by atoms with Crippen molar-refractivity contribution in [3.05, 3.63) is 34.6 Å². The molecule has 0 aromatic heterocycles. The van der Waals surface area contributed by atoms with Crippen LogP contribution in [0.4, 0.5) is 4.39 Å². The number of hydrogen-bond acceptors (Lipinski definition) is 3. The van der Waals surface area contributed by atoms with E-state index < -0.39 is 0 Å². The standard InChI is InChI=1S/C14H22ClFN2O/c1-14(2,19-3)7-6-12(18-17)8-10-4-5-11(16)9-13(10)15/h4-5,9,12,18H,6-8,17H2,1-3H3. The summed E-state index contributed by atoms with van der Waals surface area (Å²) in [5, 5.41) is 0.436. The van der Waals surface area contributed by atoms with Crippen molar-refractivity contribution in [2.24, 2.45) is 5.84 Å². The maximum absolute atomic E-state index is 13.0. The summed E-state index contributed by atoms with van der Waals surface area (Å²) in [6.07, 6.45) is 2.39. The van der Waals surface area contributed by atoms with E-state index in [-0.39, 0.29) is 17.5 Å². The lowest BCUT2D eigenvalue weighted by molar-refractivity contribution is 0.0117. The van der Waals surface area contributed by atoms with E-state index in [4.69, 9.17) is 22.2 Å². The lowest BCUT2D eigenvalue weighted by Crippen LogP contribution is -2.38. The third kappa shape index (κ3) is 5.45. The van der Waals surface area contributed by atoms with Gasteiger partial charge in [-0.2, -0.15) is 0 Å². The molecule has 0 saturated heterocycles. The Balaban J connectivity index is 2.61. The van der Waals surface area contributed by atoms with Gasteiger partial charge in [0.15, 0.2) is 0 Å². The van der Waals surface area contributed by atoms with Gasteiger partial charge in [0.2, 0.25) is 0 Å². The van der Waals surface area contributed by atoms with Crippen LogP contribution in [0.2, 0.25) is 5.02 Å². The normalized spacial score (nSPS) is 13.6. The summed E-state index contributed by atoms with van der Waals surface area (Å²) in [6, 6.07) is 4.51. The molecular weight excluding hydrogens is 267 g/mol.